The highest BCUT2D eigenvalue weighted by Crippen LogP contribution is 2.10. The van der Waals surface area contributed by atoms with Crippen molar-refractivity contribution in [2.45, 2.75) is 25.3 Å². The lowest BCUT2D eigenvalue weighted by molar-refractivity contribution is -0.121. The van der Waals surface area contributed by atoms with Gasteiger partial charge in [0, 0.05) is 19.0 Å². The Hall–Kier alpha value is -1.42. The molecule has 1 atom stereocenters. The highest BCUT2D eigenvalue weighted by Gasteiger charge is 2.20. The molecule has 1 fully saturated rings. The number of nitrogens with zero attached hydrogens (tertiary/aromatic N) is 1. The van der Waals surface area contributed by atoms with Gasteiger partial charge in [-0.05, 0) is 38.1 Å². The Bertz CT molecular complexity index is 422. The van der Waals surface area contributed by atoms with E-state index in [0.717, 1.165) is 19.5 Å². The van der Waals surface area contributed by atoms with Crippen LogP contribution < -0.4 is 5.32 Å². The molecule has 1 aliphatic rings. The Kier molecular flexibility index (Phi) is 4.31. The average Bonchev–Trinajstić information content (AvgIpc) is 2.74. The Balaban J connectivity index is 1.77. The molecular formula is C14H19FN2O. The molecular weight excluding hydrogens is 231 g/mol. The number of hydrogen-bond acceptors (Lipinski definition) is 2. The van der Waals surface area contributed by atoms with Crippen molar-refractivity contribution in [2.24, 2.45) is 0 Å². The highest BCUT2D eigenvalue weighted by molar-refractivity contribution is 5.76. The van der Waals surface area contributed by atoms with E-state index in [4.69, 9.17) is 0 Å². The Morgan fingerprint density at radius 1 is 1.50 bits per heavy atom. The summed E-state index contributed by atoms with van der Waals surface area (Å²) in [5.74, 6) is -0.218. The smallest absolute Gasteiger partial charge is 0.220 e. The van der Waals surface area contributed by atoms with Gasteiger partial charge in [-0.3, -0.25) is 4.79 Å². The van der Waals surface area contributed by atoms with E-state index in [9.17, 15) is 9.18 Å². The molecule has 1 aromatic carbocycles. The molecule has 1 N–H and O–H groups in total. The maximum absolute atomic E-state index is 13.4. The van der Waals surface area contributed by atoms with Crippen LogP contribution in [0.2, 0.25) is 0 Å². The number of amides is 1. The molecule has 2 rings (SSSR count). The number of aryl methyl sites for hydroxylation is 1. The number of benzene rings is 1. The minimum atomic E-state index is -0.231. The lowest BCUT2D eigenvalue weighted by Crippen LogP contribution is -2.36. The Morgan fingerprint density at radius 2 is 2.28 bits per heavy atom. The van der Waals surface area contributed by atoms with E-state index in [1.165, 1.54) is 6.07 Å². The summed E-state index contributed by atoms with van der Waals surface area (Å²) in [5.41, 5.74) is 0.608. The Labute approximate surface area is 107 Å². The van der Waals surface area contributed by atoms with Crippen LogP contribution in [0.15, 0.2) is 24.3 Å². The number of halogens is 1. The number of carbonyl (C=O) groups is 1. The number of hydrogen-bond donors (Lipinski definition) is 1. The number of rotatable bonds is 4. The van der Waals surface area contributed by atoms with Crippen molar-refractivity contribution in [2.75, 3.05) is 20.1 Å². The summed E-state index contributed by atoms with van der Waals surface area (Å²) < 4.78 is 13.4. The van der Waals surface area contributed by atoms with E-state index in [1.807, 2.05) is 7.05 Å². The molecule has 18 heavy (non-hydrogen) atoms. The molecule has 1 aromatic rings. The topological polar surface area (TPSA) is 32.3 Å². The van der Waals surface area contributed by atoms with Gasteiger partial charge >= 0.3 is 0 Å². The van der Waals surface area contributed by atoms with Crippen molar-refractivity contribution in [1.82, 2.24) is 10.2 Å². The zero-order valence-corrected chi connectivity index (χ0v) is 10.7. The first-order chi connectivity index (χ1) is 8.65. The molecule has 1 aliphatic heterocycles. The SMILES string of the molecule is CN1CCC(NC(=O)CCc2ccccc2F)C1. The van der Waals surface area contributed by atoms with E-state index >= 15 is 0 Å². The lowest BCUT2D eigenvalue weighted by atomic mass is 10.1. The van der Waals surface area contributed by atoms with Gasteiger partial charge in [0.1, 0.15) is 5.82 Å². The Morgan fingerprint density at radius 3 is 2.94 bits per heavy atom. The van der Waals surface area contributed by atoms with Crippen LogP contribution in [-0.4, -0.2) is 37.0 Å². The van der Waals surface area contributed by atoms with Crippen LogP contribution in [0.25, 0.3) is 0 Å². The normalized spacial score (nSPS) is 20.0. The van der Waals surface area contributed by atoms with Gasteiger partial charge in [0.25, 0.3) is 0 Å². The average molecular weight is 250 g/mol. The molecule has 1 heterocycles. The van der Waals surface area contributed by atoms with Crippen LogP contribution in [0.5, 0.6) is 0 Å². The van der Waals surface area contributed by atoms with Gasteiger partial charge in [0.2, 0.25) is 5.91 Å². The van der Waals surface area contributed by atoms with Gasteiger partial charge in [-0.1, -0.05) is 18.2 Å². The van der Waals surface area contributed by atoms with Gasteiger partial charge < -0.3 is 10.2 Å². The van der Waals surface area contributed by atoms with E-state index in [1.54, 1.807) is 18.2 Å². The molecule has 0 saturated carbocycles. The maximum Gasteiger partial charge on any atom is 0.220 e. The number of likely N-dealkylation sites (tertiary alicyclic amines) is 1. The summed E-state index contributed by atoms with van der Waals surface area (Å²) in [5, 5.41) is 3.00. The minimum Gasteiger partial charge on any atom is -0.352 e. The van der Waals surface area contributed by atoms with Crippen molar-refractivity contribution < 1.29 is 9.18 Å². The molecule has 3 nitrogen and oxygen atoms in total. The zero-order chi connectivity index (χ0) is 13.0. The van der Waals surface area contributed by atoms with E-state index in [-0.39, 0.29) is 17.8 Å². The fraction of sp³-hybridized carbons (Fsp3) is 0.500. The molecule has 0 aliphatic carbocycles. The van der Waals surface area contributed by atoms with Gasteiger partial charge in [0.15, 0.2) is 0 Å². The minimum absolute atomic E-state index is 0.0125. The molecule has 98 valence electrons. The second kappa shape index (κ2) is 5.96. The molecule has 0 aromatic heterocycles. The molecule has 0 spiro atoms. The zero-order valence-electron chi connectivity index (χ0n) is 10.7. The first-order valence-electron chi connectivity index (χ1n) is 6.36. The van der Waals surface area contributed by atoms with Crippen LogP contribution >= 0.6 is 0 Å². The molecule has 0 radical (unpaired) electrons. The van der Waals surface area contributed by atoms with E-state index in [2.05, 4.69) is 10.2 Å². The van der Waals surface area contributed by atoms with Gasteiger partial charge in [-0.2, -0.15) is 0 Å². The predicted octanol–water partition coefficient (Wildman–Crippen LogP) is 1.58. The highest BCUT2D eigenvalue weighted by atomic mass is 19.1. The fourth-order valence-electron chi connectivity index (χ4n) is 2.30. The largest absolute Gasteiger partial charge is 0.352 e. The van der Waals surface area contributed by atoms with Crippen molar-refractivity contribution in [1.29, 1.82) is 0 Å². The summed E-state index contributed by atoms with van der Waals surface area (Å²) in [4.78, 5) is 13.9. The van der Waals surface area contributed by atoms with Crippen molar-refractivity contribution in [3.63, 3.8) is 0 Å². The van der Waals surface area contributed by atoms with Gasteiger partial charge in [-0.25, -0.2) is 4.39 Å². The second-order valence-corrected chi connectivity index (χ2v) is 4.91. The first-order valence-corrected chi connectivity index (χ1v) is 6.36. The van der Waals surface area contributed by atoms with Crippen molar-refractivity contribution in [3.05, 3.63) is 35.6 Å². The van der Waals surface area contributed by atoms with Crippen molar-refractivity contribution >= 4 is 5.91 Å². The summed E-state index contributed by atoms with van der Waals surface area (Å²) in [6.07, 6.45) is 1.81. The third-order valence-electron chi connectivity index (χ3n) is 3.34. The summed E-state index contributed by atoms with van der Waals surface area (Å²) in [7, 11) is 2.05. The van der Waals surface area contributed by atoms with Crippen molar-refractivity contribution in [3.8, 4) is 0 Å². The van der Waals surface area contributed by atoms with E-state index in [0.29, 0.717) is 18.4 Å². The van der Waals surface area contributed by atoms with Crippen LogP contribution in [0.4, 0.5) is 4.39 Å². The van der Waals surface area contributed by atoms with E-state index < -0.39 is 0 Å². The van der Waals surface area contributed by atoms with Crippen LogP contribution in [-0.2, 0) is 11.2 Å². The molecule has 4 heteroatoms. The predicted molar refractivity (Wildman–Crippen MR) is 68.8 cm³/mol. The summed E-state index contributed by atoms with van der Waals surface area (Å²) in [6.45, 7) is 1.93. The van der Waals surface area contributed by atoms with Gasteiger partial charge in [-0.15, -0.1) is 0 Å². The summed E-state index contributed by atoms with van der Waals surface area (Å²) in [6, 6.07) is 6.86. The van der Waals surface area contributed by atoms with Gasteiger partial charge in [0.05, 0.1) is 0 Å². The summed E-state index contributed by atoms with van der Waals surface area (Å²) >= 11 is 0. The molecule has 1 amide bonds. The van der Waals surface area contributed by atoms with Crippen LogP contribution in [0.1, 0.15) is 18.4 Å². The standard InChI is InChI=1S/C14H19FN2O/c1-17-9-8-12(10-17)16-14(18)7-6-11-4-2-3-5-13(11)15/h2-5,12H,6-10H2,1H3,(H,16,18). The first kappa shape index (κ1) is 13.0. The molecule has 1 unspecified atom stereocenters. The second-order valence-electron chi connectivity index (χ2n) is 4.91. The monoisotopic (exact) mass is 250 g/mol. The third-order valence-corrected chi connectivity index (χ3v) is 3.34. The number of carbonyl (C=O) groups excluding carboxylic acids is 1. The quantitative estimate of drug-likeness (QED) is 0.880. The fourth-order valence-corrected chi connectivity index (χ4v) is 2.30. The van der Waals surface area contributed by atoms with Crippen LogP contribution in [0, 0.1) is 5.82 Å². The number of likely N-dealkylation sites (N-methyl/N-ethyl adjacent to an activating group) is 1. The molecule has 0 bridgehead atoms. The lowest BCUT2D eigenvalue weighted by Gasteiger charge is -2.12. The maximum atomic E-state index is 13.4. The number of nitrogens with one attached hydrogen (secondary N) is 1. The molecule has 1 saturated heterocycles. The third kappa shape index (κ3) is 3.53. The van der Waals surface area contributed by atoms with Crippen LogP contribution in [0.3, 0.4) is 0 Å².